The maximum Gasteiger partial charge on any atom is 0.407 e. The molecule has 2 aromatic heterocycles. The molecule has 1 amide bonds. The van der Waals surface area contributed by atoms with Gasteiger partial charge in [-0.2, -0.15) is 0 Å². The number of aromatic nitrogens is 4. The first-order chi connectivity index (χ1) is 20.5. The van der Waals surface area contributed by atoms with E-state index in [1.807, 2.05) is 54.6 Å². The van der Waals surface area contributed by atoms with Gasteiger partial charge in [-0.3, -0.25) is 9.36 Å². The average Bonchev–Trinajstić information content (AvgIpc) is 3.55. The van der Waals surface area contributed by atoms with E-state index in [2.05, 4.69) is 20.6 Å². The summed E-state index contributed by atoms with van der Waals surface area (Å²) in [6.45, 7) is 9.29. The molecule has 0 spiro atoms. The van der Waals surface area contributed by atoms with Gasteiger partial charge >= 0.3 is 12.1 Å². The molecule has 0 fully saturated rings. The van der Waals surface area contributed by atoms with Crippen molar-refractivity contribution in [2.75, 3.05) is 6.61 Å². The molecular weight excluding hydrogens is 568 g/mol. The lowest BCUT2D eigenvalue weighted by atomic mass is 9.96. The van der Waals surface area contributed by atoms with Gasteiger partial charge in [-0.25, -0.2) is 19.3 Å². The summed E-state index contributed by atoms with van der Waals surface area (Å²) in [4.78, 5) is 43.8. The second kappa shape index (κ2) is 12.2. The van der Waals surface area contributed by atoms with Gasteiger partial charge in [0, 0.05) is 0 Å². The third-order valence-corrected chi connectivity index (χ3v) is 7.42. The van der Waals surface area contributed by atoms with E-state index in [0.29, 0.717) is 26.3 Å². The number of nitrogens with one attached hydrogen (secondary N) is 1. The molecule has 1 aliphatic rings. The summed E-state index contributed by atoms with van der Waals surface area (Å²) in [6, 6.07) is 16.2. The first-order valence-corrected chi connectivity index (χ1v) is 14.6. The van der Waals surface area contributed by atoms with Crippen molar-refractivity contribution >= 4 is 29.5 Å². The predicted octanol–water partition coefficient (Wildman–Crippen LogP) is 3.40. The van der Waals surface area contributed by atoms with Gasteiger partial charge in [0.2, 0.25) is 0 Å². The third-order valence-electron chi connectivity index (χ3n) is 6.44. The second-order valence-electron chi connectivity index (χ2n) is 10.8. The molecule has 1 aliphatic heterocycles. The molecule has 3 heterocycles. The number of allylic oxidation sites excluding steroid dienone is 1. The van der Waals surface area contributed by atoms with Gasteiger partial charge in [0.25, 0.3) is 5.56 Å². The first kappa shape index (κ1) is 29.6. The SMILES string of the molecule is CCOC(=O)C1=C(C)N=c2s/c(=C\c3ccc(-n4cc(CNC(=O)OC(C)(C)C)nn4)cc3)c(=O)n2C1c1ccccc1. The number of ether oxygens (including phenoxy) is 2. The van der Waals surface area contributed by atoms with Crippen LogP contribution >= 0.6 is 11.3 Å². The van der Waals surface area contributed by atoms with Crippen LogP contribution in [0.2, 0.25) is 0 Å². The maximum atomic E-state index is 13.8. The number of rotatable bonds is 7. The number of esters is 1. The van der Waals surface area contributed by atoms with E-state index < -0.39 is 23.7 Å². The van der Waals surface area contributed by atoms with Gasteiger partial charge in [0.05, 0.1) is 46.9 Å². The van der Waals surface area contributed by atoms with Gasteiger partial charge in [0.15, 0.2) is 4.80 Å². The van der Waals surface area contributed by atoms with Crippen LogP contribution < -0.4 is 20.2 Å². The maximum absolute atomic E-state index is 13.8. The molecule has 0 radical (unpaired) electrons. The van der Waals surface area contributed by atoms with Crippen molar-refractivity contribution in [2.45, 2.75) is 52.8 Å². The van der Waals surface area contributed by atoms with Crippen molar-refractivity contribution in [3.63, 3.8) is 0 Å². The smallest absolute Gasteiger partial charge is 0.407 e. The van der Waals surface area contributed by atoms with E-state index in [-0.39, 0.29) is 18.7 Å². The van der Waals surface area contributed by atoms with Crippen molar-refractivity contribution in [1.29, 1.82) is 0 Å². The number of benzene rings is 2. The summed E-state index contributed by atoms with van der Waals surface area (Å²) in [7, 11) is 0. The predicted molar refractivity (Wildman–Crippen MR) is 161 cm³/mol. The summed E-state index contributed by atoms with van der Waals surface area (Å²) in [5.74, 6) is -0.487. The molecule has 0 saturated heterocycles. The van der Waals surface area contributed by atoms with E-state index in [0.717, 1.165) is 16.8 Å². The minimum Gasteiger partial charge on any atom is -0.463 e. The van der Waals surface area contributed by atoms with Crippen LogP contribution in [-0.4, -0.2) is 43.8 Å². The number of fused-ring (bicyclic) bond motifs is 1. The Hall–Kier alpha value is -4.84. The zero-order valence-electron chi connectivity index (χ0n) is 24.5. The fourth-order valence-corrected chi connectivity index (χ4v) is 5.65. The lowest BCUT2D eigenvalue weighted by molar-refractivity contribution is -0.139. The van der Waals surface area contributed by atoms with Crippen molar-refractivity contribution in [3.05, 3.63) is 109 Å². The molecule has 43 heavy (non-hydrogen) atoms. The topological polar surface area (TPSA) is 130 Å². The minimum atomic E-state index is -0.646. The van der Waals surface area contributed by atoms with Crippen LogP contribution in [0.3, 0.4) is 0 Å². The highest BCUT2D eigenvalue weighted by atomic mass is 32.1. The second-order valence-corrected chi connectivity index (χ2v) is 11.8. The molecule has 1 atom stereocenters. The van der Waals surface area contributed by atoms with Crippen molar-refractivity contribution in [3.8, 4) is 5.69 Å². The number of carbonyl (C=O) groups is 2. The Labute approximate surface area is 251 Å². The largest absolute Gasteiger partial charge is 0.463 e. The van der Waals surface area contributed by atoms with Gasteiger partial charge in [-0.05, 0) is 64.0 Å². The van der Waals surface area contributed by atoms with Crippen LogP contribution in [0, 0.1) is 0 Å². The number of hydrogen-bond donors (Lipinski definition) is 1. The Morgan fingerprint density at radius 1 is 1.09 bits per heavy atom. The number of carbonyl (C=O) groups excluding carboxylic acids is 2. The van der Waals surface area contributed by atoms with E-state index in [1.54, 1.807) is 56.1 Å². The van der Waals surface area contributed by atoms with E-state index in [9.17, 15) is 14.4 Å². The van der Waals surface area contributed by atoms with E-state index in [4.69, 9.17) is 9.47 Å². The fourth-order valence-electron chi connectivity index (χ4n) is 4.60. The van der Waals surface area contributed by atoms with Crippen LogP contribution in [-0.2, 0) is 20.8 Å². The lowest BCUT2D eigenvalue weighted by Gasteiger charge is -2.24. The Balaban J connectivity index is 1.41. The quantitative estimate of drug-likeness (QED) is 0.322. The standard InChI is InChI=1S/C31H32N6O5S/c1-6-41-28(39)25-19(2)33-29-37(26(25)21-10-8-7-9-11-21)27(38)24(43-29)16-20-12-14-23(15-13-20)36-18-22(34-35-36)17-32-30(40)42-31(3,4)5/h7-16,18,26H,6,17H2,1-5H3,(H,32,40)/b24-16-. The molecule has 222 valence electrons. The summed E-state index contributed by atoms with van der Waals surface area (Å²) in [5.41, 5.74) is 2.98. The monoisotopic (exact) mass is 600 g/mol. The summed E-state index contributed by atoms with van der Waals surface area (Å²) in [5, 5.41) is 10.9. The fraction of sp³-hybridized carbons (Fsp3) is 0.290. The number of thiazole rings is 1. The molecule has 1 unspecified atom stereocenters. The Morgan fingerprint density at radius 3 is 2.49 bits per heavy atom. The van der Waals surface area contributed by atoms with Gasteiger partial charge in [-0.15, -0.1) is 5.10 Å². The van der Waals surface area contributed by atoms with Crippen molar-refractivity contribution < 1.29 is 19.1 Å². The zero-order chi connectivity index (χ0) is 30.7. The van der Waals surface area contributed by atoms with Gasteiger partial charge < -0.3 is 14.8 Å². The van der Waals surface area contributed by atoms with Gasteiger partial charge in [0.1, 0.15) is 11.3 Å². The lowest BCUT2D eigenvalue weighted by Crippen LogP contribution is -2.39. The Kier molecular flexibility index (Phi) is 8.40. The summed E-state index contributed by atoms with van der Waals surface area (Å²) >= 11 is 1.27. The highest BCUT2D eigenvalue weighted by Crippen LogP contribution is 2.30. The molecule has 2 aromatic carbocycles. The Bertz CT molecular complexity index is 1860. The van der Waals surface area contributed by atoms with Crippen molar-refractivity contribution in [2.24, 2.45) is 4.99 Å². The number of hydrogen-bond acceptors (Lipinski definition) is 9. The average molecular weight is 601 g/mol. The molecule has 4 aromatic rings. The number of alkyl carbamates (subject to hydrolysis) is 1. The highest BCUT2D eigenvalue weighted by Gasteiger charge is 2.33. The minimum absolute atomic E-state index is 0.176. The molecule has 1 N–H and O–H groups in total. The Morgan fingerprint density at radius 2 is 1.81 bits per heavy atom. The molecule has 0 saturated carbocycles. The molecule has 0 bridgehead atoms. The van der Waals surface area contributed by atoms with Gasteiger partial charge in [-0.1, -0.05) is 59.0 Å². The molecule has 0 aliphatic carbocycles. The van der Waals surface area contributed by atoms with Crippen LogP contribution in [0.5, 0.6) is 0 Å². The summed E-state index contributed by atoms with van der Waals surface area (Å²) < 4.78 is 14.2. The number of nitrogens with zero attached hydrogens (tertiary/aromatic N) is 5. The van der Waals surface area contributed by atoms with E-state index in [1.165, 1.54) is 11.3 Å². The highest BCUT2D eigenvalue weighted by molar-refractivity contribution is 7.07. The molecule has 11 nitrogen and oxygen atoms in total. The van der Waals surface area contributed by atoms with Crippen LogP contribution in [0.25, 0.3) is 11.8 Å². The van der Waals surface area contributed by atoms with E-state index >= 15 is 0 Å². The van der Waals surface area contributed by atoms with Crippen molar-refractivity contribution in [1.82, 2.24) is 24.9 Å². The number of amides is 1. The molecule has 5 rings (SSSR count). The normalized spacial score (nSPS) is 15.1. The summed E-state index contributed by atoms with van der Waals surface area (Å²) in [6.07, 6.45) is 2.99. The molecular formula is C31H32N6O5S. The van der Waals surface area contributed by atoms with Crippen LogP contribution in [0.1, 0.15) is 57.5 Å². The first-order valence-electron chi connectivity index (χ1n) is 13.8. The van der Waals surface area contributed by atoms with Crippen LogP contribution in [0.4, 0.5) is 4.79 Å². The molecule has 12 heteroatoms. The zero-order valence-corrected chi connectivity index (χ0v) is 25.3. The third kappa shape index (κ3) is 6.64. The van der Waals surface area contributed by atoms with Crippen LogP contribution in [0.15, 0.2) is 81.9 Å².